The zero-order chi connectivity index (χ0) is 5.66. The fraction of sp³-hybridized carbons (Fsp3) is 1.00. The Morgan fingerprint density at radius 1 is 1.25 bits per heavy atom. The molecule has 0 aromatic carbocycles. The van der Waals surface area contributed by atoms with E-state index in [1.54, 1.807) is 10.8 Å². The van der Waals surface area contributed by atoms with Crippen molar-refractivity contribution in [1.29, 1.82) is 0 Å². The number of hydrogen-bond donors (Lipinski definition) is 0. The average Bonchev–Trinajstić information content (AvgIpc) is 1.62. The molecule has 4 heteroatoms. The second-order valence-electron chi connectivity index (χ2n) is 1.49. The molecule has 1 heterocycles. The Kier molecular flexibility index (Phi) is 3.78. The van der Waals surface area contributed by atoms with Crippen LogP contribution in [-0.2, 0) is 9.22 Å². The predicted octanol–water partition coefficient (Wildman–Crippen LogP) is 2.02. The third-order valence-electron chi connectivity index (χ3n) is 0.829. The van der Waals surface area contributed by atoms with E-state index in [9.17, 15) is 0 Å². The van der Waals surface area contributed by atoms with Crippen LogP contribution in [0.5, 0.6) is 0 Å². The Hall–Kier alpha value is 0.620. The Balaban J connectivity index is 2.00. The highest BCUT2D eigenvalue weighted by atomic mass is 33.1. The van der Waals surface area contributed by atoms with E-state index in [2.05, 4.69) is 4.33 Å². The third kappa shape index (κ3) is 2.81. The molecule has 48 valence electrons. The zero-order valence-corrected chi connectivity index (χ0v) is 6.09. The lowest BCUT2D eigenvalue weighted by Gasteiger charge is -2.04. The van der Waals surface area contributed by atoms with Crippen molar-refractivity contribution >= 4 is 21.9 Å². The third-order valence-corrected chi connectivity index (χ3v) is 2.49. The van der Waals surface area contributed by atoms with Crippen LogP contribution in [0.4, 0.5) is 0 Å². The topological polar surface area (TPSA) is 18.5 Å². The van der Waals surface area contributed by atoms with Crippen LogP contribution >= 0.6 is 21.9 Å². The summed E-state index contributed by atoms with van der Waals surface area (Å²) in [7, 11) is 1.70. The van der Waals surface area contributed by atoms with Gasteiger partial charge in [-0.1, -0.05) is 10.8 Å². The maximum Gasteiger partial charge on any atom is 0.102 e. The summed E-state index contributed by atoms with van der Waals surface area (Å²) in [5.41, 5.74) is 0. The van der Waals surface area contributed by atoms with E-state index >= 15 is 0 Å². The van der Waals surface area contributed by atoms with Crippen LogP contribution in [0.3, 0.4) is 0 Å². The van der Waals surface area contributed by atoms with Crippen LogP contribution in [0.15, 0.2) is 0 Å². The summed E-state index contributed by atoms with van der Waals surface area (Å²) < 4.78 is 4.65. The smallest absolute Gasteiger partial charge is 0.102 e. The van der Waals surface area contributed by atoms with E-state index in [1.807, 2.05) is 0 Å². The quantitative estimate of drug-likeness (QED) is 0.300. The fourth-order valence-electron chi connectivity index (χ4n) is 0.429. The lowest BCUT2D eigenvalue weighted by atomic mass is 10.4. The summed E-state index contributed by atoms with van der Waals surface area (Å²) >= 11 is 1.32. The SMILES string of the molecule is C1CCSSOOC1. The fourth-order valence-corrected chi connectivity index (χ4v) is 1.76. The van der Waals surface area contributed by atoms with E-state index in [0.29, 0.717) is 0 Å². The highest BCUT2D eigenvalue weighted by Gasteiger charge is 1.97. The van der Waals surface area contributed by atoms with Crippen molar-refractivity contribution in [3.8, 4) is 0 Å². The second kappa shape index (κ2) is 4.49. The van der Waals surface area contributed by atoms with Gasteiger partial charge in [-0.25, -0.2) is 4.89 Å². The van der Waals surface area contributed by atoms with Crippen LogP contribution in [0.1, 0.15) is 12.8 Å². The van der Waals surface area contributed by atoms with Gasteiger partial charge in [0.25, 0.3) is 0 Å². The summed E-state index contributed by atoms with van der Waals surface area (Å²) in [6.07, 6.45) is 2.36. The van der Waals surface area contributed by atoms with Crippen molar-refractivity contribution in [2.45, 2.75) is 12.8 Å². The van der Waals surface area contributed by atoms with Gasteiger partial charge in [0, 0.05) is 5.75 Å². The highest BCUT2D eigenvalue weighted by Crippen LogP contribution is 2.25. The van der Waals surface area contributed by atoms with Gasteiger partial charge in [-0.3, -0.25) is 0 Å². The van der Waals surface area contributed by atoms with E-state index < -0.39 is 0 Å². The minimum absolute atomic E-state index is 0.744. The highest BCUT2D eigenvalue weighted by molar-refractivity contribution is 8.74. The van der Waals surface area contributed by atoms with E-state index in [0.717, 1.165) is 13.0 Å². The van der Waals surface area contributed by atoms with Crippen LogP contribution in [0.2, 0.25) is 0 Å². The first-order valence-corrected chi connectivity index (χ1v) is 4.82. The number of hydrogen-bond acceptors (Lipinski definition) is 4. The Bertz CT molecular complexity index is 36.0. The van der Waals surface area contributed by atoms with Crippen molar-refractivity contribution in [2.75, 3.05) is 12.4 Å². The molecule has 0 N–H and O–H groups in total. The van der Waals surface area contributed by atoms with Crippen molar-refractivity contribution in [2.24, 2.45) is 0 Å². The largest absolute Gasteiger partial charge is 0.224 e. The Morgan fingerprint density at radius 3 is 3.25 bits per heavy atom. The van der Waals surface area contributed by atoms with Crippen molar-refractivity contribution < 1.29 is 9.22 Å². The Labute approximate surface area is 56.8 Å². The summed E-state index contributed by atoms with van der Waals surface area (Å²) in [5, 5.41) is 0. The Morgan fingerprint density at radius 2 is 2.25 bits per heavy atom. The molecule has 0 unspecified atom stereocenters. The summed E-state index contributed by atoms with van der Waals surface area (Å²) in [6, 6.07) is 0. The van der Waals surface area contributed by atoms with Crippen molar-refractivity contribution in [1.82, 2.24) is 0 Å². The van der Waals surface area contributed by atoms with Gasteiger partial charge >= 0.3 is 0 Å². The second-order valence-corrected chi connectivity index (χ2v) is 3.52. The maximum atomic E-state index is 4.72. The molecule has 0 saturated carbocycles. The van der Waals surface area contributed by atoms with Gasteiger partial charge in [0.1, 0.15) is 11.1 Å². The molecule has 8 heavy (non-hydrogen) atoms. The molecule has 1 fully saturated rings. The lowest BCUT2D eigenvalue weighted by molar-refractivity contribution is -0.189. The summed E-state index contributed by atoms with van der Waals surface area (Å²) in [5.74, 6) is 1.17. The van der Waals surface area contributed by atoms with Gasteiger partial charge in [0.05, 0.1) is 6.61 Å². The van der Waals surface area contributed by atoms with Gasteiger partial charge in [0.2, 0.25) is 0 Å². The summed E-state index contributed by atoms with van der Waals surface area (Å²) in [6.45, 7) is 0.744. The molecule has 0 atom stereocenters. The first kappa shape index (κ1) is 6.74. The van der Waals surface area contributed by atoms with Gasteiger partial charge in [-0.2, -0.15) is 4.33 Å². The molecule has 1 rings (SSSR count). The molecular weight excluding hydrogens is 144 g/mol. The van der Waals surface area contributed by atoms with Crippen LogP contribution in [-0.4, -0.2) is 12.4 Å². The predicted molar refractivity (Wildman–Crippen MR) is 36.3 cm³/mol. The molecule has 0 aromatic heterocycles. The van der Waals surface area contributed by atoms with E-state index in [-0.39, 0.29) is 0 Å². The van der Waals surface area contributed by atoms with E-state index in [4.69, 9.17) is 4.89 Å². The number of rotatable bonds is 0. The lowest BCUT2D eigenvalue weighted by Crippen LogP contribution is -1.94. The van der Waals surface area contributed by atoms with Crippen molar-refractivity contribution in [3.63, 3.8) is 0 Å². The van der Waals surface area contributed by atoms with Crippen LogP contribution in [0.25, 0.3) is 0 Å². The van der Waals surface area contributed by atoms with Gasteiger partial charge in [0.15, 0.2) is 0 Å². The standard InChI is InChI=1S/C4H8O2S2/c1-2-4-7-8-6-5-3-1/h1-4H2. The van der Waals surface area contributed by atoms with Gasteiger partial charge in [-0.15, -0.1) is 0 Å². The zero-order valence-electron chi connectivity index (χ0n) is 4.46. The molecular formula is C4H8O2S2. The first-order valence-electron chi connectivity index (χ1n) is 2.58. The molecule has 1 aliphatic heterocycles. The molecule has 1 saturated heterocycles. The minimum atomic E-state index is 0.744. The molecule has 0 amide bonds. The minimum Gasteiger partial charge on any atom is -0.224 e. The monoisotopic (exact) mass is 152 g/mol. The molecule has 0 bridgehead atoms. The summed E-state index contributed by atoms with van der Waals surface area (Å²) in [4.78, 5) is 4.72. The maximum absolute atomic E-state index is 4.72. The molecule has 0 radical (unpaired) electrons. The normalized spacial score (nSPS) is 24.0. The molecule has 0 aromatic rings. The molecule has 0 aliphatic carbocycles. The van der Waals surface area contributed by atoms with Crippen LogP contribution in [0, 0.1) is 0 Å². The molecule has 0 spiro atoms. The molecule has 1 aliphatic rings. The average molecular weight is 152 g/mol. The van der Waals surface area contributed by atoms with E-state index in [1.165, 1.54) is 23.2 Å². The van der Waals surface area contributed by atoms with Gasteiger partial charge < -0.3 is 0 Å². The van der Waals surface area contributed by atoms with Gasteiger partial charge in [-0.05, 0) is 12.8 Å². The first-order chi connectivity index (χ1) is 4.00. The van der Waals surface area contributed by atoms with Crippen LogP contribution < -0.4 is 0 Å². The van der Waals surface area contributed by atoms with Crippen molar-refractivity contribution in [3.05, 3.63) is 0 Å². The molecule has 2 nitrogen and oxygen atoms in total.